The van der Waals surface area contributed by atoms with E-state index in [9.17, 15) is 4.79 Å². The quantitative estimate of drug-likeness (QED) is 0.751. The van der Waals surface area contributed by atoms with Gasteiger partial charge in [-0.1, -0.05) is 12.1 Å². The van der Waals surface area contributed by atoms with Gasteiger partial charge in [-0.2, -0.15) is 0 Å². The van der Waals surface area contributed by atoms with E-state index in [4.69, 9.17) is 0 Å². The minimum atomic E-state index is -0.120. The summed E-state index contributed by atoms with van der Waals surface area (Å²) in [5, 5.41) is 9.26. The Labute approximate surface area is 108 Å². The number of hydrogen-bond acceptors (Lipinski definition) is 2. The van der Waals surface area contributed by atoms with Crippen LogP contribution < -0.4 is 16.0 Å². The van der Waals surface area contributed by atoms with Crippen LogP contribution in [-0.4, -0.2) is 24.7 Å². The fourth-order valence-electron chi connectivity index (χ4n) is 2.26. The summed E-state index contributed by atoms with van der Waals surface area (Å²) in [7, 11) is 0. The Morgan fingerprint density at radius 1 is 1.33 bits per heavy atom. The molecule has 2 amide bonds. The minimum Gasteiger partial charge on any atom is -0.333 e. The van der Waals surface area contributed by atoms with Crippen molar-refractivity contribution in [3.8, 4) is 0 Å². The zero-order valence-corrected chi connectivity index (χ0v) is 11.0. The fourth-order valence-corrected chi connectivity index (χ4v) is 2.26. The lowest BCUT2D eigenvalue weighted by molar-refractivity contribution is 0.225. The molecule has 1 aliphatic heterocycles. The van der Waals surface area contributed by atoms with E-state index in [2.05, 4.69) is 22.9 Å². The largest absolute Gasteiger partial charge is 0.333 e. The summed E-state index contributed by atoms with van der Waals surface area (Å²) in [6, 6.07) is 7.70. The molecule has 1 heterocycles. The molecule has 0 unspecified atom stereocenters. The molecular formula is C14H21N3O. The molecule has 0 saturated carbocycles. The van der Waals surface area contributed by atoms with E-state index >= 15 is 0 Å². The number of anilines is 1. The molecule has 1 aromatic rings. The van der Waals surface area contributed by atoms with Crippen molar-refractivity contribution in [3.63, 3.8) is 0 Å². The molecule has 2 rings (SSSR count). The number of hydrogen-bond donors (Lipinski definition) is 3. The summed E-state index contributed by atoms with van der Waals surface area (Å²) in [6.45, 7) is 6.03. The van der Waals surface area contributed by atoms with Gasteiger partial charge in [-0.3, -0.25) is 0 Å². The lowest BCUT2D eigenvalue weighted by Gasteiger charge is -2.34. The van der Waals surface area contributed by atoms with Crippen molar-refractivity contribution in [3.05, 3.63) is 29.8 Å². The Kier molecular flexibility index (Phi) is 3.87. The number of piperidine rings is 1. The molecule has 0 radical (unpaired) electrons. The van der Waals surface area contributed by atoms with E-state index in [1.165, 1.54) is 0 Å². The number of rotatable bonds is 2. The van der Waals surface area contributed by atoms with Crippen molar-refractivity contribution in [2.24, 2.45) is 0 Å². The van der Waals surface area contributed by atoms with E-state index in [0.717, 1.165) is 37.2 Å². The first-order valence-electron chi connectivity index (χ1n) is 6.44. The summed E-state index contributed by atoms with van der Waals surface area (Å²) in [4.78, 5) is 12.0. The maximum atomic E-state index is 12.0. The van der Waals surface area contributed by atoms with Gasteiger partial charge in [-0.25, -0.2) is 4.79 Å². The Hall–Kier alpha value is -1.55. The highest BCUT2D eigenvalue weighted by Gasteiger charge is 2.28. The van der Waals surface area contributed by atoms with Crippen molar-refractivity contribution in [2.45, 2.75) is 32.2 Å². The van der Waals surface area contributed by atoms with Crippen molar-refractivity contribution in [1.29, 1.82) is 0 Å². The van der Waals surface area contributed by atoms with E-state index in [1.54, 1.807) is 0 Å². The maximum absolute atomic E-state index is 12.0. The summed E-state index contributed by atoms with van der Waals surface area (Å²) in [6.07, 6.45) is 1.93. The van der Waals surface area contributed by atoms with Gasteiger partial charge in [0, 0.05) is 11.2 Å². The Bertz CT molecular complexity index is 425. The molecule has 1 saturated heterocycles. The Balaban J connectivity index is 1.92. The van der Waals surface area contributed by atoms with Crippen LogP contribution in [0.2, 0.25) is 0 Å². The molecule has 4 nitrogen and oxygen atoms in total. The van der Waals surface area contributed by atoms with Gasteiger partial charge in [0.2, 0.25) is 0 Å². The molecule has 0 aromatic heterocycles. The molecular weight excluding hydrogens is 226 g/mol. The first-order valence-corrected chi connectivity index (χ1v) is 6.44. The molecule has 98 valence electrons. The highest BCUT2D eigenvalue weighted by molar-refractivity contribution is 5.89. The second kappa shape index (κ2) is 5.40. The van der Waals surface area contributed by atoms with Crippen molar-refractivity contribution in [2.75, 3.05) is 18.4 Å². The fraction of sp³-hybridized carbons (Fsp3) is 0.500. The number of aryl methyl sites for hydroxylation is 1. The summed E-state index contributed by atoms with van der Waals surface area (Å²) < 4.78 is 0. The highest BCUT2D eigenvalue weighted by Crippen LogP contribution is 2.17. The molecule has 0 bridgehead atoms. The summed E-state index contributed by atoms with van der Waals surface area (Å²) in [5.41, 5.74) is 1.88. The number of urea groups is 1. The second-order valence-corrected chi connectivity index (χ2v) is 5.26. The molecule has 1 fully saturated rings. The lowest BCUT2D eigenvalue weighted by atomic mass is 9.91. The van der Waals surface area contributed by atoms with Crippen LogP contribution in [0.1, 0.15) is 25.3 Å². The lowest BCUT2D eigenvalue weighted by Crippen LogP contribution is -2.53. The van der Waals surface area contributed by atoms with Crippen molar-refractivity contribution >= 4 is 11.7 Å². The third-order valence-corrected chi connectivity index (χ3v) is 3.40. The molecule has 0 spiro atoms. The third-order valence-electron chi connectivity index (χ3n) is 3.40. The van der Waals surface area contributed by atoms with Gasteiger partial charge < -0.3 is 16.0 Å². The zero-order chi connectivity index (χ0) is 13.0. The number of carbonyl (C=O) groups excluding carboxylic acids is 1. The van der Waals surface area contributed by atoms with Crippen LogP contribution in [0.3, 0.4) is 0 Å². The van der Waals surface area contributed by atoms with E-state index in [1.807, 2.05) is 31.2 Å². The number of amides is 2. The van der Waals surface area contributed by atoms with Gasteiger partial charge in [-0.05, 0) is 57.5 Å². The van der Waals surface area contributed by atoms with Crippen LogP contribution in [-0.2, 0) is 0 Å². The average molecular weight is 247 g/mol. The number of nitrogens with one attached hydrogen (secondary N) is 3. The maximum Gasteiger partial charge on any atom is 0.319 e. The van der Waals surface area contributed by atoms with Gasteiger partial charge in [0.25, 0.3) is 0 Å². The van der Waals surface area contributed by atoms with Crippen molar-refractivity contribution < 1.29 is 4.79 Å². The topological polar surface area (TPSA) is 53.2 Å². The smallest absolute Gasteiger partial charge is 0.319 e. The Morgan fingerprint density at radius 2 is 2.06 bits per heavy atom. The average Bonchev–Trinajstić information content (AvgIpc) is 2.28. The van der Waals surface area contributed by atoms with Gasteiger partial charge in [0.1, 0.15) is 0 Å². The van der Waals surface area contributed by atoms with E-state index < -0.39 is 0 Å². The predicted octanol–water partition coefficient (Wildman–Crippen LogP) is 2.26. The van der Waals surface area contributed by atoms with E-state index in [0.29, 0.717) is 0 Å². The van der Waals surface area contributed by atoms with Gasteiger partial charge >= 0.3 is 6.03 Å². The molecule has 18 heavy (non-hydrogen) atoms. The Morgan fingerprint density at radius 3 is 2.72 bits per heavy atom. The zero-order valence-electron chi connectivity index (χ0n) is 11.0. The first-order chi connectivity index (χ1) is 8.57. The van der Waals surface area contributed by atoms with Gasteiger partial charge in [0.15, 0.2) is 0 Å². The number of benzene rings is 1. The molecule has 4 heteroatoms. The van der Waals surface area contributed by atoms with Crippen LogP contribution in [0, 0.1) is 6.92 Å². The van der Waals surface area contributed by atoms with Gasteiger partial charge in [-0.15, -0.1) is 0 Å². The molecule has 0 aliphatic carbocycles. The predicted molar refractivity (Wildman–Crippen MR) is 73.8 cm³/mol. The van der Waals surface area contributed by atoms with Crippen LogP contribution in [0.4, 0.5) is 10.5 Å². The summed E-state index contributed by atoms with van der Waals surface area (Å²) >= 11 is 0. The minimum absolute atomic E-state index is 0.0981. The third kappa shape index (κ3) is 3.47. The standard InChI is InChI=1S/C14H21N3O/c1-11-4-3-5-12(10-11)16-13(18)17-14(2)6-8-15-9-7-14/h3-5,10,15H,6-9H2,1-2H3,(H2,16,17,18). The number of carbonyl (C=O) groups is 1. The molecule has 1 aliphatic rings. The van der Waals surface area contributed by atoms with E-state index in [-0.39, 0.29) is 11.6 Å². The van der Waals surface area contributed by atoms with Gasteiger partial charge in [0.05, 0.1) is 0 Å². The first kappa shape index (κ1) is 12.9. The van der Waals surface area contributed by atoms with Crippen LogP contribution in [0.25, 0.3) is 0 Å². The highest BCUT2D eigenvalue weighted by atomic mass is 16.2. The SMILES string of the molecule is Cc1cccc(NC(=O)NC2(C)CCNCC2)c1. The normalized spacial score (nSPS) is 18.1. The molecule has 1 aromatic carbocycles. The van der Waals surface area contributed by atoms with Crippen LogP contribution in [0.15, 0.2) is 24.3 Å². The summed E-state index contributed by atoms with van der Waals surface area (Å²) in [5.74, 6) is 0. The molecule has 0 atom stereocenters. The second-order valence-electron chi connectivity index (χ2n) is 5.26. The molecule has 3 N–H and O–H groups in total. The van der Waals surface area contributed by atoms with Crippen molar-refractivity contribution in [1.82, 2.24) is 10.6 Å². The monoisotopic (exact) mass is 247 g/mol. The van der Waals surface area contributed by atoms with Crippen LogP contribution in [0.5, 0.6) is 0 Å². The van der Waals surface area contributed by atoms with Crippen LogP contribution >= 0.6 is 0 Å².